The van der Waals surface area contributed by atoms with Crippen molar-refractivity contribution in [3.63, 3.8) is 0 Å². The van der Waals surface area contributed by atoms with Crippen LogP contribution in [-0.4, -0.2) is 70.1 Å². The predicted octanol–water partition coefficient (Wildman–Crippen LogP) is -1.13. The number of rotatable bonds is 5. The molecule has 1 amide bonds. The zero-order chi connectivity index (χ0) is 12.9. The minimum atomic E-state index is -2.98. The number of carbonyl (C=O) groups is 1. The van der Waals surface area contributed by atoms with Crippen molar-refractivity contribution in [1.29, 1.82) is 0 Å². The highest BCUT2D eigenvalue weighted by Gasteiger charge is 2.21. The molecule has 0 bridgehead atoms. The van der Waals surface area contributed by atoms with Gasteiger partial charge in [0, 0.05) is 25.9 Å². The lowest BCUT2D eigenvalue weighted by atomic mass is 10.2. The lowest BCUT2D eigenvalue weighted by molar-refractivity contribution is -0.137. The van der Waals surface area contributed by atoms with Crippen molar-refractivity contribution < 1.29 is 17.9 Å². The molecule has 6 nitrogen and oxygen atoms in total. The van der Waals surface area contributed by atoms with Gasteiger partial charge in [0.1, 0.15) is 9.84 Å². The highest BCUT2D eigenvalue weighted by Crippen LogP contribution is 2.00. The van der Waals surface area contributed by atoms with Crippen molar-refractivity contribution in [2.75, 3.05) is 44.9 Å². The fourth-order valence-corrected chi connectivity index (χ4v) is 2.09. The molecule has 7 heteroatoms. The molecule has 1 fully saturated rings. The number of sulfone groups is 1. The van der Waals surface area contributed by atoms with Crippen LogP contribution in [0.4, 0.5) is 0 Å². The number of amides is 1. The Morgan fingerprint density at radius 2 is 2.00 bits per heavy atom. The highest BCUT2D eigenvalue weighted by atomic mass is 32.2. The van der Waals surface area contributed by atoms with E-state index in [2.05, 4.69) is 5.32 Å². The van der Waals surface area contributed by atoms with E-state index in [0.29, 0.717) is 32.8 Å². The van der Waals surface area contributed by atoms with Crippen LogP contribution in [0.3, 0.4) is 0 Å². The van der Waals surface area contributed by atoms with Crippen molar-refractivity contribution >= 4 is 15.7 Å². The molecule has 1 aliphatic rings. The van der Waals surface area contributed by atoms with Crippen molar-refractivity contribution in [3.8, 4) is 0 Å². The molecule has 1 aliphatic heterocycles. The van der Waals surface area contributed by atoms with Gasteiger partial charge in [-0.2, -0.15) is 0 Å². The normalized spacial score (nSPS) is 19.1. The Kier molecular flexibility index (Phi) is 5.35. The number of nitrogens with zero attached hydrogens (tertiary/aromatic N) is 1. The highest BCUT2D eigenvalue weighted by molar-refractivity contribution is 7.90. The fourth-order valence-electron chi connectivity index (χ4n) is 1.61. The molecule has 1 N–H and O–H groups in total. The predicted molar refractivity (Wildman–Crippen MR) is 64.6 cm³/mol. The molecule has 0 radical (unpaired) electrons. The van der Waals surface area contributed by atoms with E-state index in [9.17, 15) is 13.2 Å². The number of morpholine rings is 1. The Morgan fingerprint density at radius 1 is 1.41 bits per heavy atom. The molecule has 1 atom stereocenters. The average Bonchev–Trinajstić information content (AvgIpc) is 2.27. The molecular formula is C10H20N2O4S. The third kappa shape index (κ3) is 5.47. The minimum Gasteiger partial charge on any atom is -0.378 e. The maximum atomic E-state index is 11.9. The molecule has 0 aliphatic carbocycles. The summed E-state index contributed by atoms with van der Waals surface area (Å²) >= 11 is 0. The molecule has 1 rings (SSSR count). The first-order valence-corrected chi connectivity index (χ1v) is 7.74. The second-order valence-electron chi connectivity index (χ2n) is 4.24. The summed E-state index contributed by atoms with van der Waals surface area (Å²) in [4.78, 5) is 13.6. The summed E-state index contributed by atoms with van der Waals surface area (Å²) < 4.78 is 27.0. The molecule has 1 heterocycles. The quantitative estimate of drug-likeness (QED) is 0.680. The average molecular weight is 264 g/mol. The molecule has 0 aromatic heterocycles. The van der Waals surface area contributed by atoms with Crippen LogP contribution in [0.5, 0.6) is 0 Å². The van der Waals surface area contributed by atoms with E-state index in [1.807, 2.05) is 0 Å². The van der Waals surface area contributed by atoms with Crippen molar-refractivity contribution in [3.05, 3.63) is 0 Å². The van der Waals surface area contributed by atoms with Crippen molar-refractivity contribution in [1.82, 2.24) is 10.2 Å². The van der Waals surface area contributed by atoms with Crippen LogP contribution in [0.15, 0.2) is 0 Å². The second kappa shape index (κ2) is 6.32. The molecule has 1 unspecified atom stereocenters. The monoisotopic (exact) mass is 264 g/mol. The minimum absolute atomic E-state index is 0.00167. The van der Waals surface area contributed by atoms with Gasteiger partial charge in [0.05, 0.1) is 25.0 Å². The zero-order valence-electron chi connectivity index (χ0n) is 10.3. The molecule has 1 saturated heterocycles. The van der Waals surface area contributed by atoms with Gasteiger partial charge in [-0.05, 0) is 6.92 Å². The Hall–Kier alpha value is -0.660. The summed E-state index contributed by atoms with van der Waals surface area (Å²) in [6, 6.07) is -0.352. The SMILES string of the molecule is CC(NCCS(C)(=O)=O)C(=O)N1CCOCC1. The van der Waals surface area contributed by atoms with E-state index in [1.165, 1.54) is 6.26 Å². The van der Waals surface area contributed by atoms with E-state index >= 15 is 0 Å². The van der Waals surface area contributed by atoms with Crippen LogP contribution in [0, 0.1) is 0 Å². The summed E-state index contributed by atoms with van der Waals surface area (Å²) in [6.45, 7) is 4.41. The molecular weight excluding hydrogens is 244 g/mol. The van der Waals surface area contributed by atoms with Crippen LogP contribution >= 0.6 is 0 Å². The van der Waals surface area contributed by atoms with E-state index < -0.39 is 9.84 Å². The number of hydrogen-bond acceptors (Lipinski definition) is 5. The number of ether oxygens (including phenoxy) is 1. The summed E-state index contributed by atoms with van der Waals surface area (Å²) in [6.07, 6.45) is 1.18. The Balaban J connectivity index is 2.31. The molecule has 100 valence electrons. The largest absolute Gasteiger partial charge is 0.378 e. The first-order valence-electron chi connectivity index (χ1n) is 5.68. The Morgan fingerprint density at radius 3 is 2.53 bits per heavy atom. The lowest BCUT2D eigenvalue weighted by Gasteiger charge is -2.29. The smallest absolute Gasteiger partial charge is 0.239 e. The first kappa shape index (κ1) is 14.4. The maximum Gasteiger partial charge on any atom is 0.239 e. The van der Waals surface area contributed by atoms with E-state index in [0.717, 1.165) is 0 Å². The van der Waals surface area contributed by atoms with Crippen molar-refractivity contribution in [2.24, 2.45) is 0 Å². The Bertz CT molecular complexity index is 349. The maximum absolute atomic E-state index is 11.9. The number of carbonyl (C=O) groups excluding carboxylic acids is 1. The number of hydrogen-bond donors (Lipinski definition) is 1. The van der Waals surface area contributed by atoms with Gasteiger partial charge in [0.15, 0.2) is 0 Å². The first-order chi connectivity index (χ1) is 7.90. The molecule has 17 heavy (non-hydrogen) atoms. The van der Waals surface area contributed by atoms with Gasteiger partial charge in [-0.15, -0.1) is 0 Å². The summed E-state index contributed by atoms with van der Waals surface area (Å²) in [5, 5.41) is 2.93. The van der Waals surface area contributed by atoms with Crippen LogP contribution in [0.1, 0.15) is 6.92 Å². The van der Waals surface area contributed by atoms with Gasteiger partial charge in [-0.1, -0.05) is 0 Å². The molecule has 0 aromatic carbocycles. The van der Waals surface area contributed by atoms with Crippen LogP contribution in [0.25, 0.3) is 0 Å². The van der Waals surface area contributed by atoms with Gasteiger partial charge in [0.2, 0.25) is 5.91 Å². The zero-order valence-corrected chi connectivity index (χ0v) is 11.1. The van der Waals surface area contributed by atoms with Gasteiger partial charge in [-0.25, -0.2) is 8.42 Å². The standard InChI is InChI=1S/C10H20N2O4S/c1-9(11-3-8-17(2,14)15)10(13)12-4-6-16-7-5-12/h9,11H,3-8H2,1-2H3. The summed E-state index contributed by atoms with van der Waals surface area (Å²) in [7, 11) is -2.98. The second-order valence-corrected chi connectivity index (χ2v) is 6.50. The van der Waals surface area contributed by atoms with Crippen LogP contribution < -0.4 is 5.32 Å². The van der Waals surface area contributed by atoms with E-state index in [1.54, 1.807) is 11.8 Å². The summed E-state index contributed by atoms with van der Waals surface area (Å²) in [5.74, 6) is 0.0510. The lowest BCUT2D eigenvalue weighted by Crippen LogP contribution is -2.49. The topological polar surface area (TPSA) is 75.7 Å². The van der Waals surface area contributed by atoms with Crippen LogP contribution in [-0.2, 0) is 19.4 Å². The number of nitrogens with one attached hydrogen (secondary N) is 1. The van der Waals surface area contributed by atoms with Crippen LogP contribution in [0.2, 0.25) is 0 Å². The van der Waals surface area contributed by atoms with E-state index in [-0.39, 0.29) is 17.7 Å². The third-order valence-electron chi connectivity index (χ3n) is 2.62. The molecule has 0 saturated carbocycles. The summed E-state index contributed by atoms with van der Waals surface area (Å²) in [5.41, 5.74) is 0. The fraction of sp³-hybridized carbons (Fsp3) is 0.900. The van der Waals surface area contributed by atoms with E-state index in [4.69, 9.17) is 4.74 Å². The van der Waals surface area contributed by atoms with Crippen molar-refractivity contribution in [2.45, 2.75) is 13.0 Å². The van der Waals surface area contributed by atoms with Gasteiger partial charge in [-0.3, -0.25) is 4.79 Å². The molecule has 0 aromatic rings. The Labute approximate surface area is 102 Å². The molecule has 0 spiro atoms. The van der Waals surface area contributed by atoms with Gasteiger partial charge < -0.3 is 15.0 Å². The van der Waals surface area contributed by atoms with Gasteiger partial charge in [0.25, 0.3) is 0 Å². The van der Waals surface area contributed by atoms with Gasteiger partial charge >= 0.3 is 0 Å². The third-order valence-corrected chi connectivity index (χ3v) is 3.56.